The Balaban J connectivity index is 2.01. The minimum atomic E-state index is 0.179. The largest absolute Gasteiger partial charge is 0.510 e. The number of aromatic nitrogens is 1. The highest BCUT2D eigenvalue weighted by atomic mass is 35.5. The van der Waals surface area contributed by atoms with Crippen LogP contribution >= 0.6 is 22.9 Å². The van der Waals surface area contributed by atoms with Gasteiger partial charge >= 0.3 is 0 Å². The molecule has 2 heterocycles. The Morgan fingerprint density at radius 2 is 2.05 bits per heavy atom. The summed E-state index contributed by atoms with van der Waals surface area (Å²) in [6.07, 6.45) is 0. The average Bonchev–Trinajstić information content (AvgIpc) is 2.93. The monoisotopic (exact) mass is 333 g/mol. The third-order valence-electron chi connectivity index (χ3n) is 3.88. The molecule has 0 saturated heterocycles. The molecule has 22 heavy (non-hydrogen) atoms. The van der Waals surface area contributed by atoms with Crippen LogP contribution in [0.3, 0.4) is 0 Å². The van der Waals surface area contributed by atoms with E-state index in [-0.39, 0.29) is 18.1 Å². The number of thiazole rings is 1. The van der Waals surface area contributed by atoms with Crippen molar-refractivity contribution < 1.29 is 5.11 Å². The molecule has 0 amide bonds. The number of amidine groups is 1. The number of aliphatic hydroxyl groups excluding tert-OH is 1. The van der Waals surface area contributed by atoms with E-state index in [2.05, 4.69) is 4.98 Å². The Morgan fingerprint density at radius 3 is 2.68 bits per heavy atom. The standard InChI is InChI=1S/C16H16ClN3OS/c1-8-11(17)5-4-6-12(8)20-7-13(21)14(15(20)18)16-19-9(2)10(3)22-16/h4-6,18,21H,7H2,1-3H3. The van der Waals surface area contributed by atoms with Crippen LogP contribution in [0, 0.1) is 26.2 Å². The van der Waals surface area contributed by atoms with Crippen LogP contribution in [0.2, 0.25) is 5.02 Å². The van der Waals surface area contributed by atoms with Gasteiger partial charge in [-0.3, -0.25) is 5.41 Å². The third-order valence-corrected chi connectivity index (χ3v) is 5.38. The molecule has 0 fully saturated rings. The van der Waals surface area contributed by atoms with E-state index in [9.17, 15) is 5.11 Å². The predicted molar refractivity (Wildman–Crippen MR) is 92.4 cm³/mol. The predicted octanol–water partition coefficient (Wildman–Crippen LogP) is 4.49. The highest BCUT2D eigenvalue weighted by Crippen LogP contribution is 2.36. The summed E-state index contributed by atoms with van der Waals surface area (Å²) < 4.78 is 0. The fourth-order valence-electron chi connectivity index (χ4n) is 2.48. The number of nitrogens with zero attached hydrogens (tertiary/aromatic N) is 2. The SMILES string of the molecule is Cc1nc(C2=C(O)CN(c3cccc(Cl)c3C)C2=N)sc1C. The Kier molecular flexibility index (Phi) is 3.70. The van der Waals surface area contributed by atoms with Gasteiger partial charge in [-0.15, -0.1) is 11.3 Å². The number of halogens is 1. The summed E-state index contributed by atoms with van der Waals surface area (Å²) in [4.78, 5) is 7.33. The second kappa shape index (κ2) is 5.41. The van der Waals surface area contributed by atoms with Crippen molar-refractivity contribution in [1.82, 2.24) is 4.98 Å². The van der Waals surface area contributed by atoms with Crippen LogP contribution in [-0.4, -0.2) is 22.5 Å². The van der Waals surface area contributed by atoms with Gasteiger partial charge in [0.25, 0.3) is 0 Å². The van der Waals surface area contributed by atoms with E-state index in [1.807, 2.05) is 39.0 Å². The van der Waals surface area contributed by atoms with Crippen LogP contribution in [0.4, 0.5) is 5.69 Å². The molecule has 2 N–H and O–H groups in total. The Morgan fingerprint density at radius 1 is 1.32 bits per heavy atom. The van der Waals surface area contributed by atoms with Crippen molar-refractivity contribution in [3.05, 3.63) is 50.1 Å². The summed E-state index contributed by atoms with van der Waals surface area (Å²) in [5.74, 6) is 0.440. The molecule has 0 unspecified atom stereocenters. The molecule has 1 aliphatic rings. The first-order valence-electron chi connectivity index (χ1n) is 6.88. The molecule has 0 radical (unpaired) electrons. The van der Waals surface area contributed by atoms with Gasteiger partial charge in [-0.25, -0.2) is 4.98 Å². The van der Waals surface area contributed by atoms with Crippen molar-refractivity contribution in [1.29, 1.82) is 5.41 Å². The molecule has 114 valence electrons. The highest BCUT2D eigenvalue weighted by Gasteiger charge is 2.32. The van der Waals surface area contributed by atoms with Gasteiger partial charge in [0.05, 0.1) is 17.8 Å². The lowest BCUT2D eigenvalue weighted by atomic mass is 10.1. The molecule has 1 aliphatic heterocycles. The summed E-state index contributed by atoms with van der Waals surface area (Å²) in [5, 5.41) is 20.1. The second-order valence-electron chi connectivity index (χ2n) is 5.30. The Labute approximate surface area is 138 Å². The molecule has 2 aromatic rings. The molecule has 1 aromatic carbocycles. The molecular weight excluding hydrogens is 318 g/mol. The normalized spacial score (nSPS) is 15.1. The number of benzene rings is 1. The van der Waals surface area contributed by atoms with Gasteiger partial charge in [0, 0.05) is 15.6 Å². The fourth-order valence-corrected chi connectivity index (χ4v) is 3.63. The lowest BCUT2D eigenvalue weighted by Gasteiger charge is -2.21. The van der Waals surface area contributed by atoms with Crippen LogP contribution in [0.1, 0.15) is 21.1 Å². The van der Waals surface area contributed by atoms with Gasteiger partial charge in [-0.2, -0.15) is 0 Å². The maximum atomic E-state index is 10.3. The number of rotatable bonds is 2. The summed E-state index contributed by atoms with van der Waals surface area (Å²) >= 11 is 7.67. The molecule has 0 saturated carbocycles. The summed E-state index contributed by atoms with van der Waals surface area (Å²) in [6.45, 7) is 6.11. The van der Waals surface area contributed by atoms with Crippen LogP contribution in [0.25, 0.3) is 5.57 Å². The van der Waals surface area contributed by atoms with E-state index in [1.165, 1.54) is 11.3 Å². The van der Waals surface area contributed by atoms with Crippen molar-refractivity contribution >= 4 is 40.0 Å². The molecule has 6 heteroatoms. The molecule has 0 aliphatic carbocycles. The van der Waals surface area contributed by atoms with Gasteiger partial charge in [0.15, 0.2) is 0 Å². The molecule has 0 atom stereocenters. The quantitative estimate of drug-likeness (QED) is 0.851. The third kappa shape index (κ3) is 2.30. The minimum Gasteiger partial charge on any atom is -0.510 e. The van der Waals surface area contributed by atoms with E-state index < -0.39 is 0 Å². The van der Waals surface area contributed by atoms with E-state index in [4.69, 9.17) is 17.0 Å². The first-order valence-corrected chi connectivity index (χ1v) is 8.07. The number of aryl methyl sites for hydroxylation is 2. The lowest BCUT2D eigenvalue weighted by molar-refractivity contribution is 0.411. The number of nitrogens with one attached hydrogen (secondary N) is 1. The van der Waals surface area contributed by atoms with Gasteiger partial charge < -0.3 is 10.0 Å². The van der Waals surface area contributed by atoms with E-state index in [1.54, 1.807) is 4.90 Å². The Bertz CT molecular complexity index is 790. The van der Waals surface area contributed by atoms with E-state index in [0.717, 1.165) is 21.8 Å². The Hall–Kier alpha value is -1.85. The maximum absolute atomic E-state index is 10.3. The molecule has 0 spiro atoms. The molecule has 0 bridgehead atoms. The summed E-state index contributed by atoms with van der Waals surface area (Å²) in [6, 6.07) is 5.58. The van der Waals surface area contributed by atoms with Crippen molar-refractivity contribution in [3.63, 3.8) is 0 Å². The first-order chi connectivity index (χ1) is 10.4. The van der Waals surface area contributed by atoms with Crippen LogP contribution in [-0.2, 0) is 0 Å². The summed E-state index contributed by atoms with van der Waals surface area (Å²) in [7, 11) is 0. The first kappa shape index (κ1) is 15.1. The smallest absolute Gasteiger partial charge is 0.139 e. The zero-order chi connectivity index (χ0) is 16.0. The summed E-state index contributed by atoms with van der Waals surface area (Å²) in [5.41, 5.74) is 3.18. The highest BCUT2D eigenvalue weighted by molar-refractivity contribution is 7.13. The van der Waals surface area contributed by atoms with E-state index >= 15 is 0 Å². The van der Waals surface area contributed by atoms with Crippen molar-refractivity contribution in [2.75, 3.05) is 11.4 Å². The minimum absolute atomic E-state index is 0.179. The van der Waals surface area contributed by atoms with Crippen LogP contribution in [0.5, 0.6) is 0 Å². The molecule has 3 rings (SSSR count). The second-order valence-corrected chi connectivity index (χ2v) is 6.91. The number of hydrogen-bond acceptors (Lipinski definition) is 4. The topological polar surface area (TPSA) is 60.2 Å². The molecular formula is C16H16ClN3OS. The lowest BCUT2D eigenvalue weighted by Crippen LogP contribution is -2.26. The maximum Gasteiger partial charge on any atom is 0.139 e. The van der Waals surface area contributed by atoms with Crippen LogP contribution < -0.4 is 4.90 Å². The molecule has 4 nitrogen and oxygen atoms in total. The number of anilines is 1. The van der Waals surface area contributed by atoms with Gasteiger partial charge in [-0.1, -0.05) is 17.7 Å². The van der Waals surface area contributed by atoms with Gasteiger partial charge in [-0.05, 0) is 38.5 Å². The van der Waals surface area contributed by atoms with Crippen molar-refractivity contribution in [2.45, 2.75) is 20.8 Å². The van der Waals surface area contributed by atoms with Crippen molar-refractivity contribution in [2.24, 2.45) is 0 Å². The van der Waals surface area contributed by atoms with Gasteiger partial charge in [0.2, 0.25) is 0 Å². The zero-order valence-electron chi connectivity index (χ0n) is 12.6. The average molecular weight is 334 g/mol. The van der Waals surface area contributed by atoms with Crippen LogP contribution in [0.15, 0.2) is 24.0 Å². The number of hydrogen-bond donors (Lipinski definition) is 2. The zero-order valence-corrected chi connectivity index (χ0v) is 14.1. The van der Waals surface area contributed by atoms with Gasteiger partial charge in [0.1, 0.15) is 16.6 Å². The molecule has 1 aromatic heterocycles. The fraction of sp³-hybridized carbons (Fsp3) is 0.250. The van der Waals surface area contributed by atoms with E-state index in [0.29, 0.717) is 15.6 Å². The number of aliphatic hydroxyl groups is 1. The van der Waals surface area contributed by atoms with Crippen molar-refractivity contribution in [3.8, 4) is 0 Å².